The van der Waals surface area contributed by atoms with Crippen LogP contribution in [0, 0.1) is 6.92 Å². The van der Waals surface area contributed by atoms with Crippen molar-refractivity contribution >= 4 is 20.0 Å². The third-order valence-electron chi connectivity index (χ3n) is 3.01. The summed E-state index contributed by atoms with van der Waals surface area (Å²) in [5.41, 5.74) is 0.647. The summed E-state index contributed by atoms with van der Waals surface area (Å²) in [6.45, 7) is 5.34. The smallest absolute Gasteiger partial charge is 0.212 e. The fraction of sp³-hybridized carbons (Fsp3) is 0.538. The fourth-order valence-electron chi connectivity index (χ4n) is 2.03. The van der Waals surface area contributed by atoms with Crippen molar-refractivity contribution in [3.8, 4) is 0 Å². The standard InChI is InChI=1S/C13H22N2O4S2/c1-11(2)15(20(4,16)17)10-9-14-21(18,19)13-8-6-5-7-12(13)3/h5-8,11,14H,9-10H2,1-4H3. The van der Waals surface area contributed by atoms with Gasteiger partial charge in [0.25, 0.3) is 0 Å². The molecule has 0 heterocycles. The average molecular weight is 334 g/mol. The van der Waals surface area contributed by atoms with Gasteiger partial charge in [-0.3, -0.25) is 0 Å². The summed E-state index contributed by atoms with van der Waals surface area (Å²) in [6, 6.07) is 6.43. The number of nitrogens with zero attached hydrogens (tertiary/aromatic N) is 1. The highest BCUT2D eigenvalue weighted by Gasteiger charge is 2.21. The van der Waals surface area contributed by atoms with Gasteiger partial charge in [-0.15, -0.1) is 0 Å². The lowest BCUT2D eigenvalue weighted by Crippen LogP contribution is -2.41. The molecule has 0 radical (unpaired) electrons. The van der Waals surface area contributed by atoms with Gasteiger partial charge in [0.1, 0.15) is 0 Å². The maximum absolute atomic E-state index is 12.2. The first kappa shape index (κ1) is 18.1. The van der Waals surface area contributed by atoms with Gasteiger partial charge in [0, 0.05) is 19.1 Å². The van der Waals surface area contributed by atoms with Gasteiger partial charge < -0.3 is 0 Å². The summed E-state index contributed by atoms with van der Waals surface area (Å²) in [7, 11) is -6.99. The molecule has 120 valence electrons. The van der Waals surface area contributed by atoms with Crippen LogP contribution >= 0.6 is 0 Å². The highest BCUT2D eigenvalue weighted by Crippen LogP contribution is 2.13. The second-order valence-electron chi connectivity index (χ2n) is 5.13. The monoisotopic (exact) mass is 334 g/mol. The van der Waals surface area contributed by atoms with Gasteiger partial charge in [0.15, 0.2) is 0 Å². The van der Waals surface area contributed by atoms with Crippen LogP contribution in [0.1, 0.15) is 19.4 Å². The second kappa shape index (κ2) is 6.87. The summed E-state index contributed by atoms with van der Waals surface area (Å²) in [5.74, 6) is 0. The van der Waals surface area contributed by atoms with Crippen molar-refractivity contribution in [2.75, 3.05) is 19.3 Å². The molecular formula is C13H22N2O4S2. The molecular weight excluding hydrogens is 312 g/mol. The molecule has 0 aliphatic heterocycles. The molecule has 0 spiro atoms. The van der Waals surface area contributed by atoms with Gasteiger partial charge in [0.2, 0.25) is 20.0 Å². The van der Waals surface area contributed by atoms with Crippen molar-refractivity contribution in [2.45, 2.75) is 31.7 Å². The van der Waals surface area contributed by atoms with Crippen LogP contribution in [-0.2, 0) is 20.0 Å². The molecule has 0 fully saturated rings. The largest absolute Gasteiger partial charge is 0.240 e. The third-order valence-corrected chi connectivity index (χ3v) is 6.09. The van der Waals surface area contributed by atoms with Crippen LogP contribution in [-0.4, -0.2) is 46.5 Å². The van der Waals surface area contributed by atoms with Crippen LogP contribution < -0.4 is 4.72 Å². The lowest BCUT2D eigenvalue weighted by atomic mass is 10.2. The number of nitrogens with one attached hydrogen (secondary N) is 1. The quantitative estimate of drug-likeness (QED) is 0.804. The van der Waals surface area contributed by atoms with Crippen molar-refractivity contribution in [3.63, 3.8) is 0 Å². The topological polar surface area (TPSA) is 83.6 Å². The Morgan fingerprint density at radius 3 is 2.19 bits per heavy atom. The molecule has 0 atom stereocenters. The van der Waals surface area contributed by atoms with E-state index in [4.69, 9.17) is 0 Å². The molecule has 1 aromatic rings. The van der Waals surface area contributed by atoms with E-state index < -0.39 is 20.0 Å². The summed E-state index contributed by atoms with van der Waals surface area (Å²) < 4.78 is 51.2. The Labute approximate surface area is 127 Å². The Bertz CT molecular complexity index is 682. The molecule has 0 amide bonds. The first-order valence-electron chi connectivity index (χ1n) is 6.58. The molecule has 0 bridgehead atoms. The molecule has 8 heteroatoms. The average Bonchev–Trinajstić information content (AvgIpc) is 2.32. The summed E-state index contributed by atoms with van der Waals surface area (Å²) in [5, 5.41) is 0. The number of benzene rings is 1. The molecule has 1 N–H and O–H groups in total. The zero-order chi connectivity index (χ0) is 16.3. The van der Waals surface area contributed by atoms with Gasteiger partial charge in [-0.25, -0.2) is 21.6 Å². The molecule has 1 rings (SSSR count). The Morgan fingerprint density at radius 1 is 1.14 bits per heavy atom. The normalized spacial score (nSPS) is 13.0. The Hall–Kier alpha value is -0.960. The molecule has 1 aromatic carbocycles. The summed E-state index contributed by atoms with van der Waals surface area (Å²) in [4.78, 5) is 0.209. The van der Waals surface area contributed by atoms with Gasteiger partial charge in [-0.2, -0.15) is 4.31 Å². The van der Waals surface area contributed by atoms with Crippen LogP contribution in [0.3, 0.4) is 0 Å². The first-order chi connectivity index (χ1) is 9.55. The molecule has 6 nitrogen and oxygen atoms in total. The molecule has 0 aromatic heterocycles. The Morgan fingerprint density at radius 2 is 1.71 bits per heavy atom. The van der Waals surface area contributed by atoms with E-state index in [-0.39, 0.29) is 24.0 Å². The minimum absolute atomic E-state index is 0.0297. The van der Waals surface area contributed by atoms with Crippen LogP contribution in [0.2, 0.25) is 0 Å². The highest BCUT2D eigenvalue weighted by molar-refractivity contribution is 7.89. The van der Waals surface area contributed by atoms with E-state index in [0.29, 0.717) is 5.56 Å². The zero-order valence-corrected chi connectivity index (χ0v) is 14.3. The van der Waals surface area contributed by atoms with Crippen molar-refractivity contribution in [1.82, 2.24) is 9.03 Å². The molecule has 21 heavy (non-hydrogen) atoms. The van der Waals surface area contributed by atoms with Crippen LogP contribution in [0.15, 0.2) is 29.2 Å². The molecule has 0 aliphatic rings. The predicted molar refractivity (Wildman–Crippen MR) is 83.1 cm³/mol. The van der Waals surface area contributed by atoms with E-state index in [2.05, 4.69) is 4.72 Å². The van der Waals surface area contributed by atoms with E-state index in [9.17, 15) is 16.8 Å². The van der Waals surface area contributed by atoms with E-state index in [1.54, 1.807) is 39.0 Å². The molecule has 0 aliphatic carbocycles. The van der Waals surface area contributed by atoms with Crippen molar-refractivity contribution in [3.05, 3.63) is 29.8 Å². The minimum atomic E-state index is -3.63. The highest BCUT2D eigenvalue weighted by atomic mass is 32.2. The second-order valence-corrected chi connectivity index (χ2v) is 8.80. The van der Waals surface area contributed by atoms with E-state index in [0.717, 1.165) is 6.26 Å². The van der Waals surface area contributed by atoms with Gasteiger partial charge in [-0.05, 0) is 32.4 Å². The maximum atomic E-state index is 12.2. The van der Waals surface area contributed by atoms with Gasteiger partial charge in [-0.1, -0.05) is 18.2 Å². The van der Waals surface area contributed by atoms with Crippen molar-refractivity contribution < 1.29 is 16.8 Å². The van der Waals surface area contributed by atoms with Gasteiger partial charge >= 0.3 is 0 Å². The first-order valence-corrected chi connectivity index (χ1v) is 9.91. The predicted octanol–water partition coefficient (Wildman–Crippen LogP) is 0.943. The van der Waals surface area contributed by atoms with Crippen molar-refractivity contribution in [2.24, 2.45) is 0 Å². The molecule has 0 saturated carbocycles. The zero-order valence-electron chi connectivity index (χ0n) is 12.7. The summed E-state index contributed by atoms with van der Waals surface area (Å²) in [6.07, 6.45) is 1.11. The third kappa shape index (κ3) is 5.06. The van der Waals surface area contributed by atoms with E-state index in [1.165, 1.54) is 10.4 Å². The lowest BCUT2D eigenvalue weighted by molar-refractivity contribution is 0.360. The van der Waals surface area contributed by atoms with E-state index >= 15 is 0 Å². The number of aryl methyl sites for hydroxylation is 1. The number of sulfonamides is 2. The molecule has 0 unspecified atom stereocenters. The van der Waals surface area contributed by atoms with Crippen LogP contribution in [0.5, 0.6) is 0 Å². The summed E-state index contributed by atoms with van der Waals surface area (Å²) >= 11 is 0. The number of hydrogen-bond donors (Lipinski definition) is 1. The number of hydrogen-bond acceptors (Lipinski definition) is 4. The lowest BCUT2D eigenvalue weighted by Gasteiger charge is -2.24. The Balaban J connectivity index is 2.78. The Kier molecular flexibility index (Phi) is 5.92. The van der Waals surface area contributed by atoms with E-state index in [1.807, 2.05) is 0 Å². The van der Waals surface area contributed by atoms with Crippen molar-refractivity contribution in [1.29, 1.82) is 0 Å². The minimum Gasteiger partial charge on any atom is -0.212 e. The maximum Gasteiger partial charge on any atom is 0.240 e. The fourth-order valence-corrected chi connectivity index (χ4v) is 4.49. The van der Waals surface area contributed by atoms with Crippen LogP contribution in [0.4, 0.5) is 0 Å². The van der Waals surface area contributed by atoms with Gasteiger partial charge in [0.05, 0.1) is 11.2 Å². The SMILES string of the molecule is Cc1ccccc1S(=O)(=O)NCCN(C(C)C)S(C)(=O)=O. The molecule has 0 saturated heterocycles. The number of rotatable bonds is 7. The van der Waals surface area contributed by atoms with Crippen LogP contribution in [0.25, 0.3) is 0 Å².